The maximum atomic E-state index is 10.7. The summed E-state index contributed by atoms with van der Waals surface area (Å²) in [5.41, 5.74) is 0.774. The van der Waals surface area contributed by atoms with Gasteiger partial charge in [0.2, 0.25) is 5.01 Å². The summed E-state index contributed by atoms with van der Waals surface area (Å²) in [6, 6.07) is 4.35. The molecule has 2 aromatic rings. The number of nitrogens with one attached hydrogen (secondary N) is 1. The molecule has 6 heteroatoms. The Morgan fingerprint density at radius 3 is 3.00 bits per heavy atom. The monoisotopic (exact) mass is 268 g/mol. The summed E-state index contributed by atoms with van der Waals surface area (Å²) in [7, 11) is 0. The molecule has 0 radical (unpaired) electrons. The fourth-order valence-corrected chi connectivity index (χ4v) is 2.80. The molecule has 2 rings (SSSR count). The van der Waals surface area contributed by atoms with Crippen molar-refractivity contribution in [1.29, 1.82) is 0 Å². The van der Waals surface area contributed by atoms with Crippen LogP contribution >= 0.6 is 22.7 Å². The van der Waals surface area contributed by atoms with E-state index in [-0.39, 0.29) is 11.0 Å². The Balaban J connectivity index is 1.91. The van der Waals surface area contributed by atoms with Crippen LogP contribution in [0.3, 0.4) is 0 Å². The Labute approximate surface area is 107 Å². The first-order chi connectivity index (χ1) is 8.16. The highest BCUT2D eigenvalue weighted by Crippen LogP contribution is 2.19. The highest BCUT2D eigenvalue weighted by molar-refractivity contribution is 7.11. The van der Waals surface area contributed by atoms with E-state index in [4.69, 9.17) is 5.11 Å². The second-order valence-electron chi connectivity index (χ2n) is 3.57. The number of nitrogens with zero attached hydrogens (tertiary/aromatic N) is 1. The third kappa shape index (κ3) is 3.12. The fraction of sp³-hybridized carbons (Fsp3) is 0.273. The summed E-state index contributed by atoms with van der Waals surface area (Å²) in [6.07, 6.45) is 0. The molecule has 4 nitrogen and oxygen atoms in total. The maximum Gasteiger partial charge on any atom is 0.365 e. The van der Waals surface area contributed by atoms with E-state index in [1.165, 1.54) is 4.88 Å². The molecule has 2 heterocycles. The van der Waals surface area contributed by atoms with Crippen LogP contribution < -0.4 is 5.32 Å². The topological polar surface area (TPSA) is 62.2 Å². The van der Waals surface area contributed by atoms with Crippen molar-refractivity contribution in [3.8, 4) is 0 Å². The summed E-state index contributed by atoms with van der Waals surface area (Å²) < 4.78 is 0. The van der Waals surface area contributed by atoms with Gasteiger partial charge in [0, 0.05) is 22.8 Å². The van der Waals surface area contributed by atoms with Gasteiger partial charge in [-0.15, -0.1) is 22.7 Å². The molecule has 0 aliphatic carbocycles. The molecule has 0 saturated heterocycles. The van der Waals surface area contributed by atoms with Crippen molar-refractivity contribution in [2.24, 2.45) is 0 Å². The lowest BCUT2D eigenvalue weighted by Crippen LogP contribution is -2.17. The summed E-state index contributed by atoms with van der Waals surface area (Å²) >= 11 is 2.86. The SMILES string of the molecule is CC(NCc1csc(C(=O)O)n1)c1cccs1. The third-order valence-electron chi connectivity index (χ3n) is 2.29. The fourth-order valence-electron chi connectivity index (χ4n) is 1.38. The Morgan fingerprint density at radius 1 is 1.59 bits per heavy atom. The first kappa shape index (κ1) is 12.2. The maximum absolute atomic E-state index is 10.7. The zero-order valence-corrected chi connectivity index (χ0v) is 10.8. The van der Waals surface area contributed by atoms with Crippen molar-refractivity contribution in [2.75, 3.05) is 0 Å². The number of thiazole rings is 1. The molecule has 0 spiro atoms. The van der Waals surface area contributed by atoms with E-state index in [1.807, 2.05) is 11.4 Å². The lowest BCUT2D eigenvalue weighted by Gasteiger charge is -2.10. The molecule has 17 heavy (non-hydrogen) atoms. The van der Waals surface area contributed by atoms with Crippen LogP contribution in [-0.4, -0.2) is 16.1 Å². The molecule has 90 valence electrons. The van der Waals surface area contributed by atoms with Crippen molar-refractivity contribution in [2.45, 2.75) is 19.5 Å². The van der Waals surface area contributed by atoms with Crippen LogP contribution in [0.4, 0.5) is 0 Å². The van der Waals surface area contributed by atoms with E-state index in [9.17, 15) is 4.79 Å². The van der Waals surface area contributed by atoms with E-state index < -0.39 is 5.97 Å². The molecule has 0 amide bonds. The van der Waals surface area contributed by atoms with E-state index >= 15 is 0 Å². The molecule has 1 atom stereocenters. The Morgan fingerprint density at radius 2 is 2.41 bits per heavy atom. The van der Waals surface area contributed by atoms with E-state index in [0.717, 1.165) is 17.0 Å². The van der Waals surface area contributed by atoms with Crippen LogP contribution in [0.25, 0.3) is 0 Å². The van der Waals surface area contributed by atoms with Crippen molar-refractivity contribution in [1.82, 2.24) is 10.3 Å². The van der Waals surface area contributed by atoms with Crippen molar-refractivity contribution in [3.63, 3.8) is 0 Å². The average Bonchev–Trinajstić information content (AvgIpc) is 2.97. The van der Waals surface area contributed by atoms with E-state index in [2.05, 4.69) is 23.3 Å². The molecule has 0 fully saturated rings. The molecule has 0 aliphatic rings. The second-order valence-corrected chi connectivity index (χ2v) is 5.40. The molecular formula is C11H12N2O2S2. The van der Waals surface area contributed by atoms with Crippen molar-refractivity contribution < 1.29 is 9.90 Å². The van der Waals surface area contributed by atoms with Gasteiger partial charge in [-0.3, -0.25) is 0 Å². The predicted octanol–water partition coefficient (Wildman–Crippen LogP) is 2.75. The standard InChI is InChI=1S/C11H12N2O2S2/c1-7(9-3-2-4-16-9)12-5-8-6-17-10(13-8)11(14)15/h2-4,6-7,12H,5H2,1H3,(H,14,15). The quantitative estimate of drug-likeness (QED) is 0.875. The van der Waals surface area contributed by atoms with Gasteiger partial charge in [-0.2, -0.15) is 0 Å². The van der Waals surface area contributed by atoms with Gasteiger partial charge >= 0.3 is 5.97 Å². The average molecular weight is 268 g/mol. The third-order valence-corrected chi connectivity index (χ3v) is 4.23. The molecule has 2 aromatic heterocycles. The molecule has 0 aliphatic heterocycles. The number of carboxylic acids is 1. The van der Waals surface area contributed by atoms with Gasteiger partial charge in [-0.1, -0.05) is 6.07 Å². The highest BCUT2D eigenvalue weighted by atomic mass is 32.1. The number of hydrogen-bond donors (Lipinski definition) is 2. The van der Waals surface area contributed by atoms with Gasteiger partial charge in [0.1, 0.15) is 0 Å². The number of carboxylic acid groups (broad SMARTS) is 1. The van der Waals surface area contributed by atoms with E-state index in [0.29, 0.717) is 6.54 Å². The zero-order chi connectivity index (χ0) is 12.3. The van der Waals surface area contributed by atoms with Gasteiger partial charge in [0.15, 0.2) is 0 Å². The minimum atomic E-state index is -0.965. The van der Waals surface area contributed by atoms with Crippen LogP contribution in [-0.2, 0) is 6.54 Å². The summed E-state index contributed by atoms with van der Waals surface area (Å²) in [5.74, 6) is -0.965. The molecule has 0 bridgehead atoms. The summed E-state index contributed by atoms with van der Waals surface area (Å²) in [4.78, 5) is 16.0. The van der Waals surface area contributed by atoms with Crippen LogP contribution in [0.2, 0.25) is 0 Å². The van der Waals surface area contributed by atoms with Crippen molar-refractivity contribution in [3.05, 3.63) is 38.5 Å². The number of thiophene rings is 1. The van der Waals surface area contributed by atoms with Crippen LogP contribution in [0.1, 0.15) is 33.3 Å². The Hall–Kier alpha value is -1.24. The second kappa shape index (κ2) is 5.39. The zero-order valence-electron chi connectivity index (χ0n) is 9.21. The number of carbonyl (C=O) groups is 1. The normalized spacial score (nSPS) is 12.5. The minimum absolute atomic E-state index is 0.144. The van der Waals surface area contributed by atoms with Crippen LogP contribution in [0, 0.1) is 0 Å². The number of aromatic carboxylic acids is 1. The first-order valence-corrected chi connectivity index (χ1v) is 6.87. The molecular weight excluding hydrogens is 256 g/mol. The number of aromatic nitrogens is 1. The number of hydrogen-bond acceptors (Lipinski definition) is 5. The summed E-state index contributed by atoms with van der Waals surface area (Å²) in [5, 5.41) is 16.0. The van der Waals surface area contributed by atoms with Crippen LogP contribution in [0.5, 0.6) is 0 Å². The lowest BCUT2D eigenvalue weighted by molar-refractivity contribution is 0.0696. The minimum Gasteiger partial charge on any atom is -0.476 e. The van der Waals surface area contributed by atoms with Gasteiger partial charge in [0.25, 0.3) is 0 Å². The lowest BCUT2D eigenvalue weighted by atomic mass is 10.2. The smallest absolute Gasteiger partial charge is 0.365 e. The summed E-state index contributed by atoms with van der Waals surface area (Å²) in [6.45, 7) is 2.67. The molecule has 0 saturated carbocycles. The molecule has 0 aromatic carbocycles. The van der Waals surface area contributed by atoms with Crippen molar-refractivity contribution >= 4 is 28.6 Å². The first-order valence-electron chi connectivity index (χ1n) is 5.11. The van der Waals surface area contributed by atoms with Gasteiger partial charge in [0.05, 0.1) is 5.69 Å². The Kier molecular flexibility index (Phi) is 3.88. The molecule has 1 unspecified atom stereocenters. The Bertz CT molecular complexity index is 493. The number of rotatable bonds is 5. The largest absolute Gasteiger partial charge is 0.476 e. The predicted molar refractivity (Wildman–Crippen MR) is 68.6 cm³/mol. The van der Waals surface area contributed by atoms with Gasteiger partial charge in [-0.05, 0) is 18.4 Å². The van der Waals surface area contributed by atoms with E-state index in [1.54, 1.807) is 16.7 Å². The van der Waals surface area contributed by atoms with Gasteiger partial charge in [-0.25, -0.2) is 9.78 Å². The molecule has 2 N–H and O–H groups in total. The van der Waals surface area contributed by atoms with Crippen LogP contribution in [0.15, 0.2) is 22.9 Å². The van der Waals surface area contributed by atoms with Gasteiger partial charge < -0.3 is 10.4 Å². The highest BCUT2D eigenvalue weighted by Gasteiger charge is 2.10.